The summed E-state index contributed by atoms with van der Waals surface area (Å²) in [4.78, 5) is 52.5. The van der Waals surface area contributed by atoms with E-state index in [1.807, 2.05) is 6.92 Å². The smallest absolute Gasteiger partial charge is 0.338 e. The minimum Gasteiger partial charge on any atom is -0.492 e. The maximum absolute atomic E-state index is 13.2. The quantitative estimate of drug-likeness (QED) is 0.366. The van der Waals surface area contributed by atoms with Crippen LogP contribution >= 0.6 is 0 Å². The van der Waals surface area contributed by atoms with Crippen molar-refractivity contribution < 1.29 is 28.7 Å². The Morgan fingerprint density at radius 1 is 0.944 bits per heavy atom. The normalized spacial score (nSPS) is 29.0. The van der Waals surface area contributed by atoms with Crippen molar-refractivity contribution in [3.8, 4) is 5.75 Å². The molecule has 6 atom stereocenters. The molecule has 0 unspecified atom stereocenters. The van der Waals surface area contributed by atoms with Gasteiger partial charge in [0.05, 0.1) is 35.4 Å². The van der Waals surface area contributed by atoms with E-state index in [1.165, 1.54) is 17.0 Å². The highest BCUT2D eigenvalue weighted by Crippen LogP contribution is 2.65. The van der Waals surface area contributed by atoms with Gasteiger partial charge in [0.25, 0.3) is 5.91 Å². The van der Waals surface area contributed by atoms with Crippen LogP contribution in [0.4, 0.5) is 11.4 Å². The third-order valence-corrected chi connectivity index (χ3v) is 7.82. The van der Waals surface area contributed by atoms with E-state index in [0.29, 0.717) is 35.6 Å². The molecule has 1 saturated heterocycles. The molecule has 7 rings (SSSR count). The molecular formula is C28H26N2O6. The van der Waals surface area contributed by atoms with E-state index in [4.69, 9.17) is 9.47 Å². The van der Waals surface area contributed by atoms with Gasteiger partial charge >= 0.3 is 5.97 Å². The van der Waals surface area contributed by atoms with Gasteiger partial charge in [0.2, 0.25) is 11.8 Å². The lowest BCUT2D eigenvalue weighted by atomic mass is 9.63. The number of carbonyl (C=O) groups is 4. The first-order valence-electron chi connectivity index (χ1n) is 12.3. The summed E-state index contributed by atoms with van der Waals surface area (Å²) in [7, 11) is 0. The van der Waals surface area contributed by atoms with Crippen LogP contribution in [0.15, 0.2) is 60.7 Å². The Morgan fingerprint density at radius 2 is 1.58 bits per heavy atom. The maximum atomic E-state index is 13.2. The lowest BCUT2D eigenvalue weighted by molar-refractivity contribution is -0.124. The average Bonchev–Trinajstić information content (AvgIpc) is 3.67. The van der Waals surface area contributed by atoms with E-state index in [0.717, 1.165) is 6.42 Å². The molecule has 1 heterocycles. The van der Waals surface area contributed by atoms with Gasteiger partial charge in [-0.3, -0.25) is 19.3 Å². The number of benzene rings is 2. The summed E-state index contributed by atoms with van der Waals surface area (Å²) in [5.74, 6) is -0.0711. The zero-order valence-electron chi connectivity index (χ0n) is 19.8. The zero-order chi connectivity index (χ0) is 25.0. The van der Waals surface area contributed by atoms with Crippen molar-refractivity contribution in [1.82, 2.24) is 0 Å². The average molecular weight is 487 g/mol. The summed E-state index contributed by atoms with van der Waals surface area (Å²) < 4.78 is 10.6. The van der Waals surface area contributed by atoms with Gasteiger partial charge < -0.3 is 14.8 Å². The van der Waals surface area contributed by atoms with E-state index < -0.39 is 18.5 Å². The van der Waals surface area contributed by atoms with Crippen molar-refractivity contribution >= 4 is 35.1 Å². The predicted molar refractivity (Wildman–Crippen MR) is 130 cm³/mol. The fourth-order valence-electron chi connectivity index (χ4n) is 6.21. The van der Waals surface area contributed by atoms with Gasteiger partial charge in [-0.05, 0) is 73.4 Å². The number of anilines is 2. The van der Waals surface area contributed by atoms with Crippen molar-refractivity contribution in [2.75, 3.05) is 23.4 Å². The number of allylic oxidation sites excluding steroid dienone is 2. The minimum absolute atomic E-state index is 0.144. The summed E-state index contributed by atoms with van der Waals surface area (Å²) in [6, 6.07) is 13.2. The monoisotopic (exact) mass is 486 g/mol. The highest BCUT2D eigenvalue weighted by atomic mass is 16.5. The first-order valence-corrected chi connectivity index (χ1v) is 12.3. The molecule has 8 nitrogen and oxygen atoms in total. The molecule has 0 spiro atoms. The molecule has 2 aromatic rings. The Kier molecular flexibility index (Phi) is 5.39. The minimum atomic E-state index is -0.676. The fraction of sp³-hybridized carbons (Fsp3) is 0.357. The van der Waals surface area contributed by atoms with Gasteiger partial charge in [0.1, 0.15) is 5.75 Å². The number of nitrogens with zero attached hydrogens (tertiary/aromatic N) is 1. The van der Waals surface area contributed by atoms with E-state index in [-0.39, 0.29) is 41.0 Å². The SMILES string of the molecule is CCOc1ccccc1NC(=O)COC(=O)c1ccc(N2C(=O)[C@@H]3[C@H]4C=C[C@@H]([C@@H]5C[C@@H]45)[C@H]3C2=O)cc1. The number of carbonyl (C=O) groups excluding carboxylic acids is 4. The molecule has 36 heavy (non-hydrogen) atoms. The van der Waals surface area contributed by atoms with Crippen LogP contribution in [0.3, 0.4) is 0 Å². The van der Waals surface area contributed by atoms with Gasteiger partial charge in [-0.1, -0.05) is 24.3 Å². The van der Waals surface area contributed by atoms with Crippen molar-refractivity contribution in [3.63, 3.8) is 0 Å². The Bertz CT molecular complexity index is 1250. The number of esters is 1. The van der Waals surface area contributed by atoms with Crippen LogP contribution in [0.25, 0.3) is 0 Å². The van der Waals surface area contributed by atoms with Crippen molar-refractivity contribution in [3.05, 3.63) is 66.2 Å². The third kappa shape index (κ3) is 3.59. The van der Waals surface area contributed by atoms with Crippen LogP contribution < -0.4 is 15.0 Å². The van der Waals surface area contributed by atoms with Crippen molar-refractivity contribution in [2.24, 2.45) is 35.5 Å². The second kappa shape index (κ2) is 8.62. The van der Waals surface area contributed by atoms with Gasteiger partial charge in [0, 0.05) is 0 Å². The van der Waals surface area contributed by atoms with Crippen LogP contribution in [0.1, 0.15) is 23.7 Å². The summed E-state index contributed by atoms with van der Waals surface area (Å²) in [5.41, 5.74) is 1.17. The van der Waals surface area contributed by atoms with E-state index in [9.17, 15) is 19.2 Å². The predicted octanol–water partition coefficient (Wildman–Crippen LogP) is 3.44. The molecule has 4 aliphatic carbocycles. The van der Waals surface area contributed by atoms with Crippen LogP contribution in [0.2, 0.25) is 0 Å². The summed E-state index contributed by atoms with van der Waals surface area (Å²) in [5, 5.41) is 2.67. The number of imide groups is 1. The van der Waals surface area contributed by atoms with Gasteiger partial charge in [-0.25, -0.2) is 4.79 Å². The lowest BCUT2D eigenvalue weighted by Crippen LogP contribution is -2.40. The van der Waals surface area contributed by atoms with Gasteiger partial charge in [0.15, 0.2) is 6.61 Å². The van der Waals surface area contributed by atoms with E-state index in [1.54, 1.807) is 36.4 Å². The maximum Gasteiger partial charge on any atom is 0.338 e. The van der Waals surface area contributed by atoms with Crippen LogP contribution in [-0.4, -0.2) is 36.9 Å². The molecule has 8 heteroatoms. The topological polar surface area (TPSA) is 102 Å². The Balaban J connectivity index is 1.09. The number of amides is 3. The largest absolute Gasteiger partial charge is 0.492 e. The molecule has 184 valence electrons. The zero-order valence-corrected chi connectivity index (χ0v) is 19.8. The number of ether oxygens (including phenoxy) is 2. The molecule has 0 aromatic heterocycles. The standard InChI is InChI=1S/C28H26N2O6/c1-2-35-22-6-4-3-5-21(22)29-23(31)14-36-28(34)15-7-9-16(10-8-15)30-26(32)24-17-11-12-18(20-13-19(17)20)25(24)27(30)33/h3-12,17-20,24-25H,2,13-14H2,1H3,(H,29,31)/t17-,18-,19-,20-,24+,25+/m0/s1. The second-order valence-electron chi connectivity index (χ2n) is 9.77. The fourth-order valence-corrected chi connectivity index (χ4v) is 6.21. The van der Waals surface area contributed by atoms with E-state index >= 15 is 0 Å². The lowest BCUT2D eigenvalue weighted by Gasteiger charge is -2.37. The number of para-hydroxylation sites is 2. The molecule has 2 aromatic carbocycles. The van der Waals surface area contributed by atoms with Crippen LogP contribution in [-0.2, 0) is 19.1 Å². The summed E-state index contributed by atoms with van der Waals surface area (Å²) in [6.07, 6.45) is 5.39. The number of hydrogen-bond acceptors (Lipinski definition) is 6. The molecule has 0 radical (unpaired) electrons. The molecule has 1 N–H and O–H groups in total. The Morgan fingerprint density at radius 3 is 2.22 bits per heavy atom. The summed E-state index contributed by atoms with van der Waals surface area (Å²) >= 11 is 0. The van der Waals surface area contributed by atoms with E-state index in [2.05, 4.69) is 17.5 Å². The first-order chi connectivity index (χ1) is 17.5. The molecule has 3 fully saturated rings. The number of rotatable bonds is 7. The molecule has 2 saturated carbocycles. The van der Waals surface area contributed by atoms with Crippen LogP contribution in [0.5, 0.6) is 5.75 Å². The van der Waals surface area contributed by atoms with Gasteiger partial charge in [-0.2, -0.15) is 0 Å². The van der Waals surface area contributed by atoms with Crippen molar-refractivity contribution in [1.29, 1.82) is 0 Å². The second-order valence-corrected chi connectivity index (χ2v) is 9.77. The third-order valence-electron chi connectivity index (χ3n) is 7.82. The molecular weight excluding hydrogens is 460 g/mol. The molecule has 3 amide bonds. The molecule has 1 aliphatic heterocycles. The number of hydrogen-bond donors (Lipinski definition) is 1. The Hall–Kier alpha value is -3.94. The van der Waals surface area contributed by atoms with Crippen molar-refractivity contribution in [2.45, 2.75) is 13.3 Å². The van der Waals surface area contributed by atoms with Crippen LogP contribution in [0, 0.1) is 35.5 Å². The first kappa shape index (κ1) is 22.5. The highest BCUT2D eigenvalue weighted by molar-refractivity contribution is 6.22. The Labute approximate surface area is 208 Å². The molecule has 5 aliphatic rings. The van der Waals surface area contributed by atoms with Gasteiger partial charge in [-0.15, -0.1) is 0 Å². The highest BCUT2D eigenvalue weighted by Gasteiger charge is 2.67. The number of nitrogens with one attached hydrogen (secondary N) is 1. The summed E-state index contributed by atoms with van der Waals surface area (Å²) in [6.45, 7) is 1.83. The molecule has 2 bridgehead atoms.